The molecule has 2 rings (SSSR count). The summed E-state index contributed by atoms with van der Waals surface area (Å²) in [5, 5.41) is 0.602. The molecule has 0 saturated heterocycles. The number of esters is 1. The Labute approximate surface area is 158 Å². The van der Waals surface area contributed by atoms with Gasteiger partial charge in [0.2, 0.25) is 10.0 Å². The average Bonchev–Trinajstić information content (AvgIpc) is 2.59. The number of carbonyl (C=O) groups is 1. The maximum atomic E-state index is 12.2. The van der Waals surface area contributed by atoms with Crippen molar-refractivity contribution in [2.24, 2.45) is 0 Å². The van der Waals surface area contributed by atoms with Crippen LogP contribution in [0, 0.1) is 0 Å². The van der Waals surface area contributed by atoms with E-state index < -0.39 is 16.0 Å². The van der Waals surface area contributed by atoms with Gasteiger partial charge in [-0.15, -0.1) is 0 Å². The van der Waals surface area contributed by atoms with Crippen LogP contribution in [0.1, 0.15) is 24.2 Å². The van der Waals surface area contributed by atoms with Crippen molar-refractivity contribution in [2.75, 3.05) is 13.2 Å². The quantitative estimate of drug-likeness (QED) is 0.546. The molecule has 2 aromatic carbocycles. The minimum atomic E-state index is -3.67. The van der Waals surface area contributed by atoms with Gasteiger partial charge in [-0.2, -0.15) is 0 Å². The van der Waals surface area contributed by atoms with Gasteiger partial charge in [-0.25, -0.2) is 17.9 Å². The summed E-state index contributed by atoms with van der Waals surface area (Å²) in [6.07, 6.45) is 0. The molecule has 1 N–H and O–H groups in total. The van der Waals surface area contributed by atoms with Crippen molar-refractivity contribution in [3.05, 3.63) is 59.1 Å². The SMILES string of the molecule is CC(C)NS(=O)(=O)c1cccc(C(=O)OCCOc2ccc(Cl)cc2)c1. The minimum Gasteiger partial charge on any atom is -0.490 e. The Balaban J connectivity index is 1.91. The van der Waals surface area contributed by atoms with Gasteiger partial charge in [-0.1, -0.05) is 17.7 Å². The van der Waals surface area contributed by atoms with Crippen LogP contribution in [0.3, 0.4) is 0 Å². The highest BCUT2D eigenvalue weighted by Gasteiger charge is 2.17. The number of nitrogens with one attached hydrogen (secondary N) is 1. The monoisotopic (exact) mass is 397 g/mol. The number of carbonyl (C=O) groups excluding carboxylic acids is 1. The number of halogens is 1. The average molecular weight is 398 g/mol. The van der Waals surface area contributed by atoms with E-state index in [1.54, 1.807) is 38.1 Å². The van der Waals surface area contributed by atoms with Crippen LogP contribution in [0.5, 0.6) is 5.75 Å². The lowest BCUT2D eigenvalue weighted by Gasteiger charge is -2.11. The van der Waals surface area contributed by atoms with E-state index in [1.807, 2.05) is 0 Å². The predicted octanol–water partition coefficient (Wildman–Crippen LogP) is 3.26. The first-order chi connectivity index (χ1) is 12.3. The topological polar surface area (TPSA) is 81.7 Å². The largest absolute Gasteiger partial charge is 0.490 e. The molecule has 140 valence electrons. The number of benzene rings is 2. The van der Waals surface area contributed by atoms with Gasteiger partial charge in [-0.05, 0) is 56.3 Å². The summed E-state index contributed by atoms with van der Waals surface area (Å²) >= 11 is 5.78. The van der Waals surface area contributed by atoms with Crippen molar-refractivity contribution in [1.29, 1.82) is 0 Å². The lowest BCUT2D eigenvalue weighted by Crippen LogP contribution is -2.30. The molecular weight excluding hydrogens is 378 g/mol. The molecule has 0 radical (unpaired) electrons. The molecule has 6 nitrogen and oxygen atoms in total. The van der Waals surface area contributed by atoms with Gasteiger partial charge in [0, 0.05) is 11.1 Å². The number of sulfonamides is 1. The third kappa shape index (κ3) is 6.01. The standard InChI is InChI=1S/C18H20ClNO5S/c1-13(2)20-26(22,23)17-5-3-4-14(12-17)18(21)25-11-10-24-16-8-6-15(19)7-9-16/h3-9,12-13,20H,10-11H2,1-2H3. The number of hydrogen-bond donors (Lipinski definition) is 1. The van der Waals surface area contributed by atoms with E-state index in [0.717, 1.165) is 0 Å². The molecule has 2 aromatic rings. The molecule has 0 unspecified atom stereocenters. The predicted molar refractivity (Wildman–Crippen MR) is 99.1 cm³/mol. The molecule has 0 spiro atoms. The highest BCUT2D eigenvalue weighted by atomic mass is 35.5. The van der Waals surface area contributed by atoms with E-state index in [-0.39, 0.29) is 29.7 Å². The van der Waals surface area contributed by atoms with Gasteiger partial charge in [0.15, 0.2) is 0 Å². The van der Waals surface area contributed by atoms with Crippen LogP contribution >= 0.6 is 11.6 Å². The second-order valence-corrected chi connectivity index (χ2v) is 7.89. The Morgan fingerprint density at radius 2 is 1.81 bits per heavy atom. The molecular formula is C18H20ClNO5S. The fraction of sp³-hybridized carbons (Fsp3) is 0.278. The number of hydrogen-bond acceptors (Lipinski definition) is 5. The van der Waals surface area contributed by atoms with Gasteiger partial charge in [0.25, 0.3) is 0 Å². The van der Waals surface area contributed by atoms with E-state index in [4.69, 9.17) is 21.1 Å². The molecule has 0 fully saturated rings. The van der Waals surface area contributed by atoms with E-state index in [0.29, 0.717) is 10.8 Å². The number of rotatable bonds is 8. The summed E-state index contributed by atoms with van der Waals surface area (Å²) in [5.74, 6) is -0.00963. The van der Waals surface area contributed by atoms with Crippen molar-refractivity contribution in [2.45, 2.75) is 24.8 Å². The minimum absolute atomic E-state index is 0.0121. The molecule has 0 bridgehead atoms. The molecule has 0 aliphatic rings. The first kappa shape index (κ1) is 20.2. The van der Waals surface area contributed by atoms with E-state index >= 15 is 0 Å². The Morgan fingerprint density at radius 1 is 1.12 bits per heavy atom. The third-order valence-corrected chi connectivity index (χ3v) is 5.08. The summed E-state index contributed by atoms with van der Waals surface area (Å²) in [6.45, 7) is 3.63. The van der Waals surface area contributed by atoms with Crippen molar-refractivity contribution in [1.82, 2.24) is 4.72 Å². The first-order valence-corrected chi connectivity index (χ1v) is 9.82. The summed E-state index contributed by atoms with van der Waals surface area (Å²) in [6, 6.07) is 12.3. The molecule has 0 heterocycles. The second-order valence-electron chi connectivity index (χ2n) is 5.74. The van der Waals surface area contributed by atoms with Crippen molar-refractivity contribution in [3.63, 3.8) is 0 Å². The van der Waals surface area contributed by atoms with Crippen LogP contribution in [0.4, 0.5) is 0 Å². The zero-order valence-corrected chi connectivity index (χ0v) is 16.0. The van der Waals surface area contributed by atoms with Crippen LogP contribution < -0.4 is 9.46 Å². The maximum Gasteiger partial charge on any atom is 0.338 e. The summed E-state index contributed by atoms with van der Waals surface area (Å²) in [7, 11) is -3.67. The zero-order chi connectivity index (χ0) is 19.2. The van der Waals surface area contributed by atoms with Gasteiger partial charge in [0.1, 0.15) is 19.0 Å². The van der Waals surface area contributed by atoms with Crippen LogP contribution in [0.25, 0.3) is 0 Å². The van der Waals surface area contributed by atoms with Crippen molar-refractivity contribution in [3.8, 4) is 5.75 Å². The molecule has 26 heavy (non-hydrogen) atoms. The molecule has 0 aliphatic carbocycles. The van der Waals surface area contributed by atoms with Gasteiger partial charge in [-0.3, -0.25) is 0 Å². The van der Waals surface area contributed by atoms with Crippen LogP contribution in [0.2, 0.25) is 5.02 Å². The Hall–Kier alpha value is -2.09. The van der Waals surface area contributed by atoms with Crippen LogP contribution in [0.15, 0.2) is 53.4 Å². The normalized spacial score (nSPS) is 11.4. The summed E-state index contributed by atoms with van der Waals surface area (Å²) < 4.78 is 37.3. The molecule has 0 atom stereocenters. The molecule has 8 heteroatoms. The maximum absolute atomic E-state index is 12.2. The zero-order valence-electron chi connectivity index (χ0n) is 14.4. The van der Waals surface area contributed by atoms with Crippen molar-refractivity contribution >= 4 is 27.6 Å². The highest BCUT2D eigenvalue weighted by Crippen LogP contribution is 2.16. The van der Waals surface area contributed by atoms with Gasteiger partial charge in [0.05, 0.1) is 10.5 Å². The van der Waals surface area contributed by atoms with Crippen LogP contribution in [-0.2, 0) is 14.8 Å². The lowest BCUT2D eigenvalue weighted by atomic mass is 10.2. The van der Waals surface area contributed by atoms with Gasteiger partial charge < -0.3 is 9.47 Å². The fourth-order valence-electron chi connectivity index (χ4n) is 2.08. The lowest BCUT2D eigenvalue weighted by molar-refractivity contribution is 0.0450. The van der Waals surface area contributed by atoms with E-state index in [2.05, 4.69) is 4.72 Å². The number of ether oxygens (including phenoxy) is 2. The molecule has 0 amide bonds. The molecule has 0 aromatic heterocycles. The Morgan fingerprint density at radius 3 is 2.46 bits per heavy atom. The highest BCUT2D eigenvalue weighted by molar-refractivity contribution is 7.89. The fourth-order valence-corrected chi connectivity index (χ4v) is 3.50. The summed E-state index contributed by atoms with van der Waals surface area (Å²) in [4.78, 5) is 12.1. The van der Waals surface area contributed by atoms with E-state index in [1.165, 1.54) is 24.3 Å². The second kappa shape index (κ2) is 9.02. The summed E-state index contributed by atoms with van der Waals surface area (Å²) in [5.41, 5.74) is 0.156. The van der Waals surface area contributed by atoms with Crippen LogP contribution in [-0.4, -0.2) is 33.6 Å². The Kier molecular flexibility index (Phi) is 7.02. The molecule has 0 saturated carbocycles. The van der Waals surface area contributed by atoms with Gasteiger partial charge >= 0.3 is 5.97 Å². The third-order valence-electron chi connectivity index (χ3n) is 3.17. The Bertz CT molecular complexity index is 850. The smallest absolute Gasteiger partial charge is 0.338 e. The first-order valence-electron chi connectivity index (χ1n) is 7.96. The van der Waals surface area contributed by atoms with Crippen molar-refractivity contribution < 1.29 is 22.7 Å². The van der Waals surface area contributed by atoms with E-state index in [9.17, 15) is 13.2 Å². The molecule has 0 aliphatic heterocycles.